The number of anilines is 1. The zero-order valence-electron chi connectivity index (χ0n) is 12.2. The highest BCUT2D eigenvalue weighted by Crippen LogP contribution is 2.40. The Kier molecular flexibility index (Phi) is 4.54. The maximum absolute atomic E-state index is 11.0. The number of hydrogen-bond acceptors (Lipinski definition) is 6. The first-order valence-electron chi connectivity index (χ1n) is 6.51. The van der Waals surface area contributed by atoms with Gasteiger partial charge in [-0.3, -0.25) is 4.18 Å². The topological polar surface area (TPSA) is 99.9 Å². The lowest BCUT2D eigenvalue weighted by molar-refractivity contribution is -0.148. The highest BCUT2D eigenvalue weighted by molar-refractivity contribution is 7.84. The van der Waals surface area contributed by atoms with Gasteiger partial charge in [-0.25, -0.2) is 5.14 Å². The summed E-state index contributed by atoms with van der Waals surface area (Å²) in [7, 11) is -2.22. The second-order valence-electron chi connectivity index (χ2n) is 5.21. The molecule has 1 aliphatic rings. The zero-order chi connectivity index (χ0) is 15.7. The van der Waals surface area contributed by atoms with E-state index in [4.69, 9.17) is 14.6 Å². The summed E-state index contributed by atoms with van der Waals surface area (Å²) in [6.07, 6.45) is -1.03. The lowest BCUT2D eigenvalue weighted by Crippen LogP contribution is -2.28. The molecule has 0 spiro atoms. The van der Waals surface area contributed by atoms with E-state index in [1.807, 2.05) is 24.3 Å². The Balaban J connectivity index is 2.26. The fourth-order valence-electron chi connectivity index (χ4n) is 2.36. The molecule has 1 heterocycles. The van der Waals surface area contributed by atoms with Gasteiger partial charge in [0.1, 0.15) is 12.2 Å². The molecule has 8 heteroatoms. The molecule has 118 valence electrons. The predicted octanol–water partition coefficient (Wildman–Crippen LogP) is 1.14. The summed E-state index contributed by atoms with van der Waals surface area (Å²) >= 11 is 0. The van der Waals surface area contributed by atoms with Gasteiger partial charge < -0.3 is 14.8 Å². The highest BCUT2D eigenvalue weighted by atomic mass is 32.2. The van der Waals surface area contributed by atoms with Gasteiger partial charge in [0.25, 0.3) is 0 Å². The molecule has 0 radical (unpaired) electrons. The van der Waals surface area contributed by atoms with E-state index in [0.717, 1.165) is 11.3 Å². The summed E-state index contributed by atoms with van der Waals surface area (Å²) in [5.74, 6) is -0.835. The first-order valence-corrected chi connectivity index (χ1v) is 7.98. The van der Waals surface area contributed by atoms with Crippen LogP contribution in [0.3, 0.4) is 0 Å². The Bertz CT molecular complexity index is 602. The quantitative estimate of drug-likeness (QED) is 0.845. The van der Waals surface area contributed by atoms with E-state index < -0.39 is 28.3 Å². The molecule has 0 aliphatic carbocycles. The molecule has 2 rings (SSSR count). The van der Waals surface area contributed by atoms with Crippen LogP contribution in [0.5, 0.6) is 0 Å². The molecule has 1 aromatic carbocycles. The average molecular weight is 316 g/mol. The number of nitrogens with one attached hydrogen (secondary N) is 1. The highest BCUT2D eigenvalue weighted by Gasteiger charge is 2.43. The van der Waals surface area contributed by atoms with Gasteiger partial charge in [0.05, 0.1) is 6.61 Å². The Morgan fingerprint density at radius 1 is 1.33 bits per heavy atom. The lowest BCUT2D eigenvalue weighted by Gasteiger charge is -2.19. The van der Waals surface area contributed by atoms with Gasteiger partial charge in [0.15, 0.2) is 5.79 Å². The van der Waals surface area contributed by atoms with Crippen LogP contribution in [-0.2, 0) is 24.0 Å². The molecule has 0 saturated carbocycles. The predicted molar refractivity (Wildman–Crippen MR) is 77.8 cm³/mol. The normalized spacial score (nSPS) is 25.0. The molecule has 7 nitrogen and oxygen atoms in total. The SMILES string of the molecule is CNc1ccccc1[C@@H]1OC(C)(C)O[C@H]1COS(N)(=O)=O. The van der Waals surface area contributed by atoms with Gasteiger partial charge in [-0.05, 0) is 19.9 Å². The third-order valence-electron chi connectivity index (χ3n) is 3.12. The van der Waals surface area contributed by atoms with Gasteiger partial charge in [0.2, 0.25) is 0 Å². The van der Waals surface area contributed by atoms with Crippen molar-refractivity contribution >= 4 is 16.0 Å². The van der Waals surface area contributed by atoms with E-state index in [2.05, 4.69) is 9.50 Å². The monoisotopic (exact) mass is 316 g/mol. The molecule has 1 aliphatic heterocycles. The maximum atomic E-state index is 11.0. The molecule has 1 fully saturated rings. The largest absolute Gasteiger partial charge is 0.388 e. The van der Waals surface area contributed by atoms with Crippen LogP contribution in [0.25, 0.3) is 0 Å². The molecular formula is C13H20N2O5S. The molecule has 0 bridgehead atoms. The molecule has 1 aromatic rings. The van der Waals surface area contributed by atoms with Crippen molar-refractivity contribution in [3.63, 3.8) is 0 Å². The van der Waals surface area contributed by atoms with E-state index in [9.17, 15) is 8.42 Å². The molecule has 2 atom stereocenters. The van der Waals surface area contributed by atoms with Crippen LogP contribution in [0.1, 0.15) is 25.5 Å². The molecular weight excluding hydrogens is 296 g/mol. The number of ether oxygens (including phenoxy) is 2. The van der Waals surface area contributed by atoms with Crippen molar-refractivity contribution in [1.29, 1.82) is 0 Å². The first-order chi connectivity index (χ1) is 9.72. The van der Waals surface area contributed by atoms with Gasteiger partial charge in [-0.1, -0.05) is 18.2 Å². The Morgan fingerprint density at radius 2 is 2.00 bits per heavy atom. The maximum Gasteiger partial charge on any atom is 0.333 e. The second-order valence-corrected chi connectivity index (χ2v) is 6.43. The number of nitrogens with two attached hydrogens (primary N) is 1. The second kappa shape index (κ2) is 5.90. The minimum absolute atomic E-state index is 0.203. The smallest absolute Gasteiger partial charge is 0.333 e. The third-order valence-corrected chi connectivity index (χ3v) is 3.58. The van der Waals surface area contributed by atoms with Crippen LogP contribution in [0.2, 0.25) is 0 Å². The zero-order valence-corrected chi connectivity index (χ0v) is 13.0. The standard InChI is InChI=1S/C13H20N2O5S/c1-13(2)19-11(8-18-21(14,16)17)12(20-13)9-6-4-5-7-10(9)15-3/h4-7,11-12,15H,8H2,1-3H3,(H2,14,16,17)/t11-,12-/m0/s1. The van der Waals surface area contributed by atoms with Gasteiger partial charge in [-0.2, -0.15) is 8.42 Å². The molecule has 3 N–H and O–H groups in total. The van der Waals surface area contributed by atoms with Crippen LogP contribution < -0.4 is 10.5 Å². The Hall–Kier alpha value is -1.19. The Morgan fingerprint density at radius 3 is 2.62 bits per heavy atom. The summed E-state index contributed by atoms with van der Waals surface area (Å²) < 4.78 is 38.2. The fourth-order valence-corrected chi connectivity index (χ4v) is 2.68. The summed E-state index contributed by atoms with van der Waals surface area (Å²) in [4.78, 5) is 0. The Labute approximate surface area is 124 Å². The molecule has 1 saturated heterocycles. The van der Waals surface area contributed by atoms with Gasteiger partial charge in [-0.15, -0.1) is 0 Å². The summed E-state index contributed by atoms with van der Waals surface area (Å²) in [6.45, 7) is 3.32. The summed E-state index contributed by atoms with van der Waals surface area (Å²) in [5, 5.41) is 7.94. The van der Waals surface area contributed by atoms with E-state index in [0.29, 0.717) is 0 Å². The van der Waals surface area contributed by atoms with Crippen LogP contribution in [0.4, 0.5) is 5.69 Å². The molecule has 21 heavy (non-hydrogen) atoms. The lowest BCUT2D eigenvalue weighted by atomic mass is 10.0. The third kappa shape index (κ3) is 4.14. The van der Waals surface area contributed by atoms with Gasteiger partial charge in [0, 0.05) is 18.3 Å². The van der Waals surface area contributed by atoms with Crippen molar-refractivity contribution < 1.29 is 22.1 Å². The van der Waals surface area contributed by atoms with Crippen LogP contribution >= 0.6 is 0 Å². The van der Waals surface area contributed by atoms with Crippen molar-refractivity contribution in [3.05, 3.63) is 29.8 Å². The fraction of sp³-hybridized carbons (Fsp3) is 0.538. The van der Waals surface area contributed by atoms with E-state index in [1.54, 1.807) is 20.9 Å². The van der Waals surface area contributed by atoms with E-state index in [-0.39, 0.29) is 6.61 Å². The average Bonchev–Trinajstić information content (AvgIpc) is 2.71. The minimum atomic E-state index is -4.02. The van der Waals surface area contributed by atoms with Crippen molar-refractivity contribution in [3.8, 4) is 0 Å². The molecule has 0 amide bonds. The summed E-state index contributed by atoms with van der Waals surface area (Å²) in [6, 6.07) is 7.57. The number of benzene rings is 1. The van der Waals surface area contributed by atoms with Crippen molar-refractivity contribution in [1.82, 2.24) is 0 Å². The first kappa shape index (κ1) is 16.2. The van der Waals surface area contributed by atoms with Crippen molar-refractivity contribution in [2.24, 2.45) is 5.14 Å². The van der Waals surface area contributed by atoms with Crippen LogP contribution in [0, 0.1) is 0 Å². The number of para-hydroxylation sites is 1. The summed E-state index contributed by atoms with van der Waals surface area (Å²) in [5.41, 5.74) is 1.75. The molecule has 0 aromatic heterocycles. The van der Waals surface area contributed by atoms with Gasteiger partial charge >= 0.3 is 10.3 Å². The van der Waals surface area contributed by atoms with Crippen LogP contribution in [0.15, 0.2) is 24.3 Å². The van der Waals surface area contributed by atoms with Crippen LogP contribution in [-0.4, -0.2) is 34.0 Å². The van der Waals surface area contributed by atoms with E-state index in [1.165, 1.54) is 0 Å². The van der Waals surface area contributed by atoms with Crippen molar-refractivity contribution in [2.45, 2.75) is 31.8 Å². The van der Waals surface area contributed by atoms with Crippen molar-refractivity contribution in [2.75, 3.05) is 19.0 Å². The molecule has 0 unspecified atom stereocenters. The number of rotatable bonds is 5. The van der Waals surface area contributed by atoms with E-state index >= 15 is 0 Å². The minimum Gasteiger partial charge on any atom is -0.388 e. The number of hydrogen-bond donors (Lipinski definition) is 2.